The molecule has 1 aliphatic rings. The van der Waals surface area contributed by atoms with E-state index in [1.807, 2.05) is 6.26 Å². The van der Waals surface area contributed by atoms with Crippen LogP contribution in [0.4, 0.5) is 0 Å². The highest BCUT2D eigenvalue weighted by Gasteiger charge is 2.42. The van der Waals surface area contributed by atoms with Gasteiger partial charge in [-0.15, -0.1) is 0 Å². The highest BCUT2D eigenvalue weighted by atomic mass is 32.2. The van der Waals surface area contributed by atoms with E-state index in [1.54, 1.807) is 48.2 Å². The van der Waals surface area contributed by atoms with Crippen LogP contribution in [0.5, 0.6) is 0 Å². The summed E-state index contributed by atoms with van der Waals surface area (Å²) in [4.78, 5) is 39.0. The second-order valence-electron chi connectivity index (χ2n) is 5.62. The molecule has 1 aromatic carbocycles. The third kappa shape index (κ3) is 3.46. The number of fused-ring (bicyclic) bond motifs is 1. The van der Waals surface area contributed by atoms with Crippen molar-refractivity contribution in [3.8, 4) is 0 Å². The molecule has 6 nitrogen and oxygen atoms in total. The fraction of sp³-hybridized carbons (Fsp3) is 0.278. The monoisotopic (exact) mass is 358 g/mol. The number of imide groups is 1. The van der Waals surface area contributed by atoms with Crippen molar-refractivity contribution in [1.82, 2.24) is 10.2 Å². The Hall–Kier alpha value is -2.54. The van der Waals surface area contributed by atoms with Crippen LogP contribution in [0, 0.1) is 0 Å². The quantitative estimate of drug-likeness (QED) is 0.769. The Morgan fingerprint density at radius 3 is 2.40 bits per heavy atom. The van der Waals surface area contributed by atoms with Crippen molar-refractivity contribution in [3.63, 3.8) is 0 Å². The molecule has 25 heavy (non-hydrogen) atoms. The highest BCUT2D eigenvalue weighted by molar-refractivity contribution is 7.98. The van der Waals surface area contributed by atoms with E-state index in [1.165, 1.54) is 6.26 Å². The molecule has 1 aliphatic heterocycles. The molecule has 3 amide bonds. The molecule has 2 heterocycles. The molecule has 0 aliphatic carbocycles. The Morgan fingerprint density at radius 1 is 1.16 bits per heavy atom. The molecule has 3 rings (SSSR count). The van der Waals surface area contributed by atoms with Crippen molar-refractivity contribution in [2.24, 2.45) is 0 Å². The van der Waals surface area contributed by atoms with E-state index in [4.69, 9.17) is 4.42 Å². The number of benzene rings is 1. The molecule has 7 heteroatoms. The number of carbonyl (C=O) groups excluding carboxylic acids is 3. The maximum atomic E-state index is 12.7. The van der Waals surface area contributed by atoms with Crippen molar-refractivity contribution in [1.29, 1.82) is 0 Å². The maximum Gasteiger partial charge on any atom is 0.262 e. The van der Waals surface area contributed by atoms with Gasteiger partial charge in [-0.3, -0.25) is 19.3 Å². The van der Waals surface area contributed by atoms with Gasteiger partial charge in [-0.1, -0.05) is 12.1 Å². The van der Waals surface area contributed by atoms with Gasteiger partial charge in [0.15, 0.2) is 0 Å². The smallest absolute Gasteiger partial charge is 0.262 e. The topological polar surface area (TPSA) is 79.6 Å². The average molecular weight is 358 g/mol. The minimum atomic E-state index is -0.838. The first-order valence-electron chi connectivity index (χ1n) is 7.89. The number of furan rings is 1. The van der Waals surface area contributed by atoms with Crippen LogP contribution < -0.4 is 5.32 Å². The standard InChI is InChI=1S/C18H18N2O4S/c1-25-10-8-15(16(21)19-11-12-5-4-9-24-12)20-17(22)13-6-2-3-7-14(13)18(20)23/h2-7,9,15H,8,10-11H2,1H3,(H,19,21). The first kappa shape index (κ1) is 17.3. The molecule has 130 valence electrons. The summed E-state index contributed by atoms with van der Waals surface area (Å²) >= 11 is 1.56. The van der Waals surface area contributed by atoms with Crippen LogP contribution in [0.15, 0.2) is 47.1 Å². The number of hydrogen-bond donors (Lipinski definition) is 1. The van der Waals surface area contributed by atoms with Gasteiger partial charge in [-0.05, 0) is 42.7 Å². The van der Waals surface area contributed by atoms with Crippen LogP contribution in [-0.4, -0.2) is 40.7 Å². The lowest BCUT2D eigenvalue weighted by molar-refractivity contribution is -0.125. The molecular formula is C18H18N2O4S. The SMILES string of the molecule is CSCCC(C(=O)NCc1ccco1)N1C(=O)c2ccccc2C1=O. The minimum absolute atomic E-state index is 0.213. The largest absolute Gasteiger partial charge is 0.467 e. The molecule has 0 saturated heterocycles. The number of nitrogens with one attached hydrogen (secondary N) is 1. The molecule has 0 saturated carbocycles. The van der Waals surface area contributed by atoms with Gasteiger partial charge in [0.25, 0.3) is 11.8 Å². The van der Waals surface area contributed by atoms with Gasteiger partial charge in [0.05, 0.1) is 23.9 Å². The molecule has 0 bridgehead atoms. The Morgan fingerprint density at radius 2 is 1.84 bits per heavy atom. The van der Waals surface area contributed by atoms with Crippen LogP contribution in [0.1, 0.15) is 32.9 Å². The minimum Gasteiger partial charge on any atom is -0.467 e. The molecule has 1 unspecified atom stereocenters. The number of rotatable bonds is 7. The second-order valence-corrected chi connectivity index (χ2v) is 6.61. The van der Waals surface area contributed by atoms with Gasteiger partial charge in [0.2, 0.25) is 5.91 Å². The predicted molar refractivity (Wildman–Crippen MR) is 94.3 cm³/mol. The summed E-state index contributed by atoms with van der Waals surface area (Å²) in [6.45, 7) is 0.213. The van der Waals surface area contributed by atoms with Crippen LogP contribution in [-0.2, 0) is 11.3 Å². The Balaban J connectivity index is 1.79. The van der Waals surface area contributed by atoms with Gasteiger partial charge < -0.3 is 9.73 Å². The van der Waals surface area contributed by atoms with Crippen LogP contribution in [0.2, 0.25) is 0 Å². The molecular weight excluding hydrogens is 340 g/mol. The Bertz CT molecular complexity index is 753. The molecule has 2 aromatic rings. The van der Waals surface area contributed by atoms with Crippen molar-refractivity contribution in [2.45, 2.75) is 19.0 Å². The summed E-state index contributed by atoms with van der Waals surface area (Å²) in [5.74, 6) is 0.0747. The van der Waals surface area contributed by atoms with Gasteiger partial charge in [-0.2, -0.15) is 11.8 Å². The normalized spacial score (nSPS) is 14.5. The first-order valence-corrected chi connectivity index (χ1v) is 9.29. The number of hydrogen-bond acceptors (Lipinski definition) is 5. The molecule has 1 N–H and O–H groups in total. The average Bonchev–Trinajstić information content (AvgIpc) is 3.23. The predicted octanol–water partition coefficient (Wildman–Crippen LogP) is 2.31. The summed E-state index contributed by atoms with van der Waals surface area (Å²) < 4.78 is 5.20. The fourth-order valence-corrected chi connectivity index (χ4v) is 3.26. The van der Waals surface area contributed by atoms with Crippen molar-refractivity contribution in [3.05, 3.63) is 59.5 Å². The second kappa shape index (κ2) is 7.57. The summed E-state index contributed by atoms with van der Waals surface area (Å²) in [5, 5.41) is 2.75. The van der Waals surface area contributed by atoms with Gasteiger partial charge >= 0.3 is 0 Å². The fourth-order valence-electron chi connectivity index (χ4n) is 2.80. The lowest BCUT2D eigenvalue weighted by Gasteiger charge is -2.25. The number of thioether (sulfide) groups is 1. The van der Waals surface area contributed by atoms with E-state index in [0.717, 1.165) is 4.90 Å². The Kier molecular flexibility index (Phi) is 5.23. The molecule has 0 fully saturated rings. The summed E-state index contributed by atoms with van der Waals surface area (Å²) in [6, 6.07) is 9.29. The third-order valence-electron chi connectivity index (χ3n) is 4.05. The Labute approximate surface area is 149 Å². The van der Waals surface area contributed by atoms with Gasteiger partial charge in [0.1, 0.15) is 11.8 Å². The van der Waals surface area contributed by atoms with Gasteiger partial charge in [0, 0.05) is 0 Å². The summed E-state index contributed by atoms with van der Waals surface area (Å²) in [7, 11) is 0. The number of amides is 3. The zero-order chi connectivity index (χ0) is 17.8. The zero-order valence-corrected chi connectivity index (χ0v) is 14.5. The highest BCUT2D eigenvalue weighted by Crippen LogP contribution is 2.26. The number of carbonyl (C=O) groups is 3. The maximum absolute atomic E-state index is 12.7. The number of nitrogens with zero attached hydrogens (tertiary/aromatic N) is 1. The lowest BCUT2D eigenvalue weighted by atomic mass is 10.1. The molecule has 0 spiro atoms. The van der Waals surface area contributed by atoms with Crippen LogP contribution in [0.3, 0.4) is 0 Å². The van der Waals surface area contributed by atoms with Crippen LogP contribution in [0.25, 0.3) is 0 Å². The van der Waals surface area contributed by atoms with E-state index in [9.17, 15) is 14.4 Å². The van der Waals surface area contributed by atoms with E-state index >= 15 is 0 Å². The van der Waals surface area contributed by atoms with Gasteiger partial charge in [-0.25, -0.2) is 0 Å². The van der Waals surface area contributed by atoms with E-state index in [0.29, 0.717) is 29.1 Å². The lowest BCUT2D eigenvalue weighted by Crippen LogP contribution is -2.49. The van der Waals surface area contributed by atoms with Crippen molar-refractivity contribution in [2.75, 3.05) is 12.0 Å². The van der Waals surface area contributed by atoms with Crippen molar-refractivity contribution >= 4 is 29.5 Å². The van der Waals surface area contributed by atoms with E-state index in [2.05, 4.69) is 5.32 Å². The zero-order valence-electron chi connectivity index (χ0n) is 13.7. The van der Waals surface area contributed by atoms with Crippen LogP contribution >= 0.6 is 11.8 Å². The van der Waals surface area contributed by atoms with E-state index < -0.39 is 17.9 Å². The summed E-state index contributed by atoms with van der Waals surface area (Å²) in [5.41, 5.74) is 0.695. The third-order valence-corrected chi connectivity index (χ3v) is 4.70. The summed E-state index contributed by atoms with van der Waals surface area (Å²) in [6.07, 6.45) is 3.84. The van der Waals surface area contributed by atoms with Crippen molar-refractivity contribution < 1.29 is 18.8 Å². The molecule has 1 aromatic heterocycles. The molecule has 1 atom stereocenters. The first-order chi connectivity index (χ1) is 12.1. The molecule has 0 radical (unpaired) electrons. The van der Waals surface area contributed by atoms with E-state index in [-0.39, 0.29) is 12.5 Å².